The van der Waals surface area contributed by atoms with Gasteiger partial charge in [-0.15, -0.1) is 11.3 Å². The van der Waals surface area contributed by atoms with E-state index in [0.29, 0.717) is 12.6 Å². The number of rotatable bonds is 6. The summed E-state index contributed by atoms with van der Waals surface area (Å²) >= 11 is 1.79. The van der Waals surface area contributed by atoms with Gasteiger partial charge in [-0.1, -0.05) is 0 Å². The van der Waals surface area contributed by atoms with Gasteiger partial charge in [0.1, 0.15) is 0 Å². The van der Waals surface area contributed by atoms with Crippen molar-refractivity contribution >= 4 is 17.2 Å². The smallest absolute Gasteiger partial charge is 0.234 e. The van der Waals surface area contributed by atoms with Gasteiger partial charge in [-0.25, -0.2) is 0 Å². The number of likely N-dealkylation sites (N-methyl/N-ethyl adjacent to an activating group) is 1. The molecule has 1 aromatic rings. The van der Waals surface area contributed by atoms with E-state index in [9.17, 15) is 4.79 Å². The van der Waals surface area contributed by atoms with Gasteiger partial charge in [0, 0.05) is 30.6 Å². The quantitative estimate of drug-likeness (QED) is 0.868. The third-order valence-corrected chi connectivity index (χ3v) is 5.51. The molecule has 0 aromatic carbocycles. The van der Waals surface area contributed by atoms with Crippen molar-refractivity contribution in [2.75, 3.05) is 40.3 Å². The van der Waals surface area contributed by atoms with Crippen LogP contribution in [0.25, 0.3) is 0 Å². The third-order valence-electron chi connectivity index (χ3n) is 4.45. The molecular formula is C16H27N3OS. The van der Waals surface area contributed by atoms with Gasteiger partial charge in [-0.2, -0.15) is 0 Å². The predicted octanol–water partition coefficient (Wildman–Crippen LogP) is 1.66. The number of hydrogen-bond donors (Lipinski definition) is 1. The fourth-order valence-corrected chi connectivity index (χ4v) is 3.70. The molecule has 1 N–H and O–H groups in total. The highest BCUT2D eigenvalue weighted by Gasteiger charge is 2.24. The Morgan fingerprint density at radius 1 is 1.48 bits per heavy atom. The Bertz CT molecular complexity index is 484. The first-order chi connectivity index (χ1) is 9.97. The lowest BCUT2D eigenvalue weighted by atomic mass is 10.1. The lowest BCUT2D eigenvalue weighted by Crippen LogP contribution is -2.38. The van der Waals surface area contributed by atoms with Gasteiger partial charge < -0.3 is 10.2 Å². The molecule has 4 nitrogen and oxygen atoms in total. The predicted molar refractivity (Wildman–Crippen MR) is 89.0 cm³/mol. The zero-order valence-electron chi connectivity index (χ0n) is 13.6. The Morgan fingerprint density at radius 2 is 2.24 bits per heavy atom. The SMILES string of the molecule is Cc1scc(CCNC(=O)CN2CC[C@H](N(C)C)C2)c1C. The van der Waals surface area contributed by atoms with E-state index in [0.717, 1.165) is 32.5 Å². The van der Waals surface area contributed by atoms with Gasteiger partial charge >= 0.3 is 0 Å². The van der Waals surface area contributed by atoms with Crippen LogP contribution in [0.5, 0.6) is 0 Å². The largest absolute Gasteiger partial charge is 0.355 e. The lowest BCUT2D eigenvalue weighted by molar-refractivity contribution is -0.122. The van der Waals surface area contributed by atoms with Gasteiger partial charge in [-0.3, -0.25) is 9.69 Å². The Balaban J connectivity index is 1.67. The van der Waals surface area contributed by atoms with Crippen LogP contribution in [0, 0.1) is 13.8 Å². The lowest BCUT2D eigenvalue weighted by Gasteiger charge is -2.20. The number of hydrogen-bond acceptors (Lipinski definition) is 4. The summed E-state index contributed by atoms with van der Waals surface area (Å²) in [4.78, 5) is 17.9. The molecule has 1 amide bonds. The molecule has 1 fully saturated rings. The van der Waals surface area contributed by atoms with Crippen molar-refractivity contribution in [3.63, 3.8) is 0 Å². The highest BCUT2D eigenvalue weighted by Crippen LogP contribution is 2.20. The molecule has 0 bridgehead atoms. The molecule has 21 heavy (non-hydrogen) atoms. The van der Waals surface area contributed by atoms with Crippen molar-refractivity contribution in [1.82, 2.24) is 15.1 Å². The number of aryl methyl sites for hydroxylation is 1. The van der Waals surface area contributed by atoms with E-state index in [4.69, 9.17) is 0 Å². The summed E-state index contributed by atoms with van der Waals surface area (Å²) in [5.74, 6) is 0.152. The summed E-state index contributed by atoms with van der Waals surface area (Å²) in [5.41, 5.74) is 2.74. The Morgan fingerprint density at radius 3 is 2.81 bits per heavy atom. The zero-order valence-corrected chi connectivity index (χ0v) is 14.4. The fourth-order valence-electron chi connectivity index (χ4n) is 2.78. The van der Waals surface area contributed by atoms with Gasteiger partial charge in [0.15, 0.2) is 0 Å². The summed E-state index contributed by atoms with van der Waals surface area (Å²) in [5, 5.41) is 5.26. The minimum Gasteiger partial charge on any atom is -0.355 e. The minimum atomic E-state index is 0.152. The van der Waals surface area contributed by atoms with E-state index in [1.807, 2.05) is 0 Å². The van der Waals surface area contributed by atoms with E-state index in [2.05, 4.69) is 48.4 Å². The monoisotopic (exact) mass is 309 g/mol. The average molecular weight is 309 g/mol. The highest BCUT2D eigenvalue weighted by atomic mass is 32.1. The van der Waals surface area contributed by atoms with Crippen LogP contribution in [0.4, 0.5) is 0 Å². The van der Waals surface area contributed by atoms with Crippen LogP contribution in [0.2, 0.25) is 0 Å². The van der Waals surface area contributed by atoms with Crippen molar-refractivity contribution in [3.8, 4) is 0 Å². The number of nitrogens with one attached hydrogen (secondary N) is 1. The van der Waals surface area contributed by atoms with E-state index in [1.54, 1.807) is 11.3 Å². The summed E-state index contributed by atoms with van der Waals surface area (Å²) < 4.78 is 0. The van der Waals surface area contributed by atoms with E-state index in [1.165, 1.54) is 16.0 Å². The second kappa shape index (κ2) is 7.38. The number of amides is 1. The maximum absolute atomic E-state index is 12.0. The zero-order chi connectivity index (χ0) is 15.4. The van der Waals surface area contributed by atoms with Crippen LogP contribution in [0.15, 0.2) is 5.38 Å². The maximum atomic E-state index is 12.0. The second-order valence-electron chi connectivity index (χ2n) is 6.18. The molecule has 2 rings (SSSR count). The fraction of sp³-hybridized carbons (Fsp3) is 0.688. The Kier molecular flexibility index (Phi) is 5.79. The van der Waals surface area contributed by atoms with Crippen molar-refractivity contribution in [3.05, 3.63) is 21.4 Å². The van der Waals surface area contributed by atoms with Crippen LogP contribution < -0.4 is 5.32 Å². The molecule has 0 aliphatic carbocycles. The normalized spacial score (nSPS) is 19.4. The Labute approximate surface area is 132 Å². The topological polar surface area (TPSA) is 35.6 Å². The van der Waals surface area contributed by atoms with Crippen LogP contribution in [0.3, 0.4) is 0 Å². The van der Waals surface area contributed by atoms with Gasteiger partial charge in [0.2, 0.25) is 5.91 Å². The number of carbonyl (C=O) groups is 1. The Hall–Kier alpha value is -0.910. The van der Waals surface area contributed by atoms with Gasteiger partial charge in [0.25, 0.3) is 0 Å². The van der Waals surface area contributed by atoms with E-state index < -0.39 is 0 Å². The molecular weight excluding hydrogens is 282 g/mol. The van der Waals surface area contributed by atoms with Crippen molar-refractivity contribution in [1.29, 1.82) is 0 Å². The molecule has 2 heterocycles. The highest BCUT2D eigenvalue weighted by molar-refractivity contribution is 7.10. The summed E-state index contributed by atoms with van der Waals surface area (Å²) in [7, 11) is 4.22. The average Bonchev–Trinajstić information content (AvgIpc) is 3.00. The van der Waals surface area contributed by atoms with Gasteiger partial charge in [0.05, 0.1) is 6.54 Å². The molecule has 0 unspecified atom stereocenters. The molecule has 0 radical (unpaired) electrons. The first-order valence-electron chi connectivity index (χ1n) is 7.66. The van der Waals surface area contributed by atoms with Gasteiger partial charge in [-0.05, 0) is 57.3 Å². The standard InChI is InChI=1S/C16H27N3OS/c1-12-13(2)21-11-14(12)5-7-17-16(20)10-19-8-6-15(9-19)18(3)4/h11,15H,5-10H2,1-4H3,(H,17,20)/t15-/m0/s1. The van der Waals surface area contributed by atoms with Crippen LogP contribution in [-0.4, -0.2) is 62.0 Å². The first-order valence-corrected chi connectivity index (χ1v) is 8.54. The molecule has 0 spiro atoms. The molecule has 118 valence electrons. The summed E-state index contributed by atoms with van der Waals surface area (Å²) in [6.45, 7) is 7.61. The third kappa shape index (κ3) is 4.53. The number of nitrogens with zero attached hydrogens (tertiary/aromatic N) is 2. The first kappa shape index (κ1) is 16.5. The molecule has 1 saturated heterocycles. The molecule has 0 saturated carbocycles. The van der Waals surface area contributed by atoms with Crippen LogP contribution >= 0.6 is 11.3 Å². The number of thiophene rings is 1. The summed E-state index contributed by atoms with van der Waals surface area (Å²) in [6, 6.07) is 0.592. The molecule has 1 aliphatic heterocycles. The maximum Gasteiger partial charge on any atom is 0.234 e. The molecule has 1 aliphatic rings. The molecule has 5 heteroatoms. The van der Waals surface area contributed by atoms with Crippen molar-refractivity contribution in [2.24, 2.45) is 0 Å². The van der Waals surface area contributed by atoms with Crippen LogP contribution in [0.1, 0.15) is 22.4 Å². The minimum absolute atomic E-state index is 0.152. The molecule has 1 atom stereocenters. The number of likely N-dealkylation sites (tertiary alicyclic amines) is 1. The molecule has 1 aromatic heterocycles. The van der Waals surface area contributed by atoms with Crippen molar-refractivity contribution in [2.45, 2.75) is 32.7 Å². The second-order valence-corrected chi connectivity index (χ2v) is 7.27. The number of carbonyl (C=O) groups excluding carboxylic acids is 1. The van der Waals surface area contributed by atoms with E-state index >= 15 is 0 Å². The van der Waals surface area contributed by atoms with E-state index in [-0.39, 0.29) is 5.91 Å². The van der Waals surface area contributed by atoms with Crippen molar-refractivity contribution < 1.29 is 4.79 Å². The van der Waals surface area contributed by atoms with Crippen LogP contribution in [-0.2, 0) is 11.2 Å². The summed E-state index contributed by atoms with van der Waals surface area (Å²) in [6.07, 6.45) is 2.09.